The molecule has 9 atom stereocenters. The predicted molar refractivity (Wildman–Crippen MR) is 147 cm³/mol. The number of fused-ring (bicyclic) bond motifs is 7. The number of rotatable bonds is 2. The van der Waals surface area contributed by atoms with Crippen molar-refractivity contribution < 1.29 is 19.1 Å². The molecular weight excluding hydrogens is 460 g/mol. The first-order valence-corrected chi connectivity index (χ1v) is 15.0. The third-order valence-corrected chi connectivity index (χ3v) is 13.8. The third kappa shape index (κ3) is 3.58. The molecule has 0 heterocycles. The molecule has 0 aromatic rings. The van der Waals surface area contributed by atoms with Gasteiger partial charge in [-0.25, -0.2) is 0 Å². The van der Waals surface area contributed by atoms with Gasteiger partial charge in [-0.3, -0.25) is 9.59 Å². The van der Waals surface area contributed by atoms with Crippen LogP contribution < -0.4 is 0 Å². The van der Waals surface area contributed by atoms with Crippen LogP contribution in [-0.4, -0.2) is 25.2 Å². The van der Waals surface area contributed by atoms with Gasteiger partial charge in [-0.05, 0) is 111 Å². The van der Waals surface area contributed by atoms with E-state index in [1.807, 2.05) is 0 Å². The second-order valence-electron chi connectivity index (χ2n) is 15.7. The molecule has 4 fully saturated rings. The number of hydrogen-bond acceptors (Lipinski definition) is 4. The van der Waals surface area contributed by atoms with Crippen LogP contribution in [0.25, 0.3) is 0 Å². The maximum absolute atomic E-state index is 12.9. The summed E-state index contributed by atoms with van der Waals surface area (Å²) in [6.45, 7) is 18.7. The highest BCUT2D eigenvalue weighted by Gasteiger charge is 2.68. The number of hydrogen-bond donors (Lipinski definition) is 0. The summed E-state index contributed by atoms with van der Waals surface area (Å²) in [5.74, 6) is 1.48. The van der Waals surface area contributed by atoms with Gasteiger partial charge in [0.1, 0.15) is 6.10 Å². The Morgan fingerprint density at radius 3 is 2.19 bits per heavy atom. The maximum Gasteiger partial charge on any atom is 0.311 e. The summed E-state index contributed by atoms with van der Waals surface area (Å²) < 4.78 is 11.2. The fourth-order valence-corrected chi connectivity index (χ4v) is 11.2. The standard InChI is InChI=1S/C33H52O4/c1-21(34)37-26-13-14-31(6)24(28(26,2)3)12-15-33(8)25(31)11-10-22-23-20-30(5,27(35)36-9)17-16-29(23,4)18-19-32(22,33)7/h10,23-26H,11-20H2,1-9H3/t23-,24?,25+,26-,29+,30?,31-,32+,33+/m0/s1. The van der Waals surface area contributed by atoms with Crippen molar-refractivity contribution in [1.29, 1.82) is 0 Å². The highest BCUT2D eigenvalue weighted by Crippen LogP contribution is 2.75. The summed E-state index contributed by atoms with van der Waals surface area (Å²) in [5.41, 5.74) is 2.22. The van der Waals surface area contributed by atoms with Crippen molar-refractivity contribution in [3.05, 3.63) is 11.6 Å². The summed E-state index contributed by atoms with van der Waals surface area (Å²) in [7, 11) is 1.55. The van der Waals surface area contributed by atoms with Gasteiger partial charge in [0.15, 0.2) is 0 Å². The number of esters is 2. The van der Waals surface area contributed by atoms with Gasteiger partial charge >= 0.3 is 11.9 Å². The number of carbonyl (C=O) groups excluding carboxylic acids is 2. The molecule has 0 saturated heterocycles. The van der Waals surface area contributed by atoms with Crippen molar-refractivity contribution in [2.24, 2.45) is 50.2 Å². The smallest absolute Gasteiger partial charge is 0.311 e. The Balaban J connectivity index is 1.52. The Bertz CT molecular complexity index is 1010. The summed E-state index contributed by atoms with van der Waals surface area (Å²) >= 11 is 0. The van der Waals surface area contributed by atoms with Crippen LogP contribution in [0.15, 0.2) is 11.6 Å². The zero-order valence-corrected chi connectivity index (χ0v) is 25.1. The molecule has 2 unspecified atom stereocenters. The van der Waals surface area contributed by atoms with Gasteiger partial charge in [0, 0.05) is 12.3 Å². The van der Waals surface area contributed by atoms with Crippen molar-refractivity contribution in [1.82, 2.24) is 0 Å². The fourth-order valence-electron chi connectivity index (χ4n) is 11.2. The Hall–Kier alpha value is -1.32. The number of methoxy groups -OCH3 is 1. The monoisotopic (exact) mass is 512 g/mol. The lowest BCUT2D eigenvalue weighted by molar-refractivity contribution is -0.212. The van der Waals surface area contributed by atoms with Crippen molar-refractivity contribution in [3.8, 4) is 0 Å². The van der Waals surface area contributed by atoms with Crippen LogP contribution in [0, 0.1) is 50.2 Å². The zero-order chi connectivity index (χ0) is 27.2. The third-order valence-electron chi connectivity index (χ3n) is 13.8. The molecule has 0 aromatic carbocycles. The zero-order valence-electron chi connectivity index (χ0n) is 25.1. The van der Waals surface area contributed by atoms with Crippen LogP contribution in [0.1, 0.15) is 120 Å². The van der Waals surface area contributed by atoms with Crippen molar-refractivity contribution >= 4 is 11.9 Å². The molecule has 0 N–H and O–H groups in total. The second-order valence-corrected chi connectivity index (χ2v) is 15.7. The molecule has 37 heavy (non-hydrogen) atoms. The molecule has 0 aliphatic heterocycles. The van der Waals surface area contributed by atoms with E-state index < -0.39 is 0 Å². The first-order valence-electron chi connectivity index (χ1n) is 15.0. The molecule has 4 heteroatoms. The van der Waals surface area contributed by atoms with Crippen LogP contribution in [0.5, 0.6) is 0 Å². The van der Waals surface area contributed by atoms with Crippen LogP contribution >= 0.6 is 0 Å². The normalized spacial score (nSPS) is 50.4. The molecule has 4 saturated carbocycles. The van der Waals surface area contributed by atoms with Crippen LogP contribution in [-0.2, 0) is 19.1 Å². The van der Waals surface area contributed by atoms with Gasteiger partial charge in [-0.2, -0.15) is 0 Å². The summed E-state index contributed by atoms with van der Waals surface area (Å²) in [6.07, 6.45) is 13.9. The number of allylic oxidation sites excluding steroid dienone is 2. The Morgan fingerprint density at radius 1 is 0.865 bits per heavy atom. The van der Waals surface area contributed by atoms with E-state index in [4.69, 9.17) is 9.47 Å². The Kier molecular flexibility index (Phi) is 6.14. The van der Waals surface area contributed by atoms with E-state index in [1.54, 1.807) is 19.6 Å². The molecule has 0 spiro atoms. The highest BCUT2D eigenvalue weighted by molar-refractivity contribution is 5.76. The van der Waals surface area contributed by atoms with Crippen molar-refractivity contribution in [2.45, 2.75) is 126 Å². The summed E-state index contributed by atoms with van der Waals surface area (Å²) in [6, 6.07) is 0. The summed E-state index contributed by atoms with van der Waals surface area (Å²) in [5, 5.41) is 0. The Morgan fingerprint density at radius 2 is 1.54 bits per heavy atom. The maximum atomic E-state index is 12.9. The molecule has 5 aliphatic rings. The van der Waals surface area contributed by atoms with E-state index in [-0.39, 0.29) is 50.5 Å². The quantitative estimate of drug-likeness (QED) is 0.279. The van der Waals surface area contributed by atoms with E-state index >= 15 is 0 Å². The average molecular weight is 513 g/mol. The van der Waals surface area contributed by atoms with Crippen molar-refractivity contribution in [2.75, 3.05) is 7.11 Å². The lowest BCUT2D eigenvalue weighted by Crippen LogP contribution is -2.64. The molecule has 208 valence electrons. The van der Waals surface area contributed by atoms with Gasteiger partial charge in [-0.1, -0.05) is 53.2 Å². The topological polar surface area (TPSA) is 52.6 Å². The van der Waals surface area contributed by atoms with Crippen LogP contribution in [0.4, 0.5) is 0 Å². The van der Waals surface area contributed by atoms with E-state index in [0.717, 1.165) is 38.5 Å². The Labute approximate surface area is 225 Å². The molecule has 5 aliphatic carbocycles. The van der Waals surface area contributed by atoms with Gasteiger partial charge in [0.25, 0.3) is 0 Å². The van der Waals surface area contributed by atoms with Gasteiger partial charge in [0.05, 0.1) is 12.5 Å². The first kappa shape index (κ1) is 27.3. The van der Waals surface area contributed by atoms with Crippen LogP contribution in [0.3, 0.4) is 0 Å². The molecule has 0 bridgehead atoms. The van der Waals surface area contributed by atoms with Gasteiger partial charge in [0.2, 0.25) is 0 Å². The van der Waals surface area contributed by atoms with E-state index in [0.29, 0.717) is 17.8 Å². The second kappa shape index (κ2) is 8.34. The van der Waals surface area contributed by atoms with E-state index in [1.165, 1.54) is 25.7 Å². The van der Waals surface area contributed by atoms with E-state index in [2.05, 4.69) is 54.5 Å². The molecule has 0 aromatic heterocycles. The van der Waals surface area contributed by atoms with E-state index in [9.17, 15) is 9.59 Å². The molecule has 0 amide bonds. The minimum absolute atomic E-state index is 0.0122. The fraction of sp³-hybridized carbons (Fsp3) is 0.879. The first-order chi connectivity index (χ1) is 17.1. The average Bonchev–Trinajstić information content (AvgIpc) is 2.82. The molecule has 4 nitrogen and oxygen atoms in total. The van der Waals surface area contributed by atoms with Crippen molar-refractivity contribution in [3.63, 3.8) is 0 Å². The van der Waals surface area contributed by atoms with Gasteiger partial charge in [-0.15, -0.1) is 0 Å². The lowest BCUT2D eigenvalue weighted by atomic mass is 9.33. The summed E-state index contributed by atoms with van der Waals surface area (Å²) in [4.78, 5) is 24.8. The van der Waals surface area contributed by atoms with Crippen LogP contribution in [0.2, 0.25) is 0 Å². The SMILES string of the molecule is COC(=O)C1(C)CC[C@]2(C)CC[C@]3(C)C(=CC[C@@H]4[C@@]5(C)CC[C@H](OC(C)=O)C(C)(C)C5CC[C@]43C)[C@@H]2C1. The van der Waals surface area contributed by atoms with Gasteiger partial charge < -0.3 is 9.47 Å². The molecule has 0 radical (unpaired) electrons. The predicted octanol–water partition coefficient (Wildman–Crippen LogP) is 7.89. The highest BCUT2D eigenvalue weighted by atomic mass is 16.5. The lowest BCUT2D eigenvalue weighted by Gasteiger charge is -2.71. The minimum Gasteiger partial charge on any atom is -0.469 e. The largest absolute Gasteiger partial charge is 0.469 e. The molecule has 5 rings (SSSR count). The number of ether oxygens (including phenoxy) is 2. The number of carbonyl (C=O) groups is 2. The molecular formula is C33H52O4. The minimum atomic E-state index is -0.376.